The topological polar surface area (TPSA) is 107 Å². The summed E-state index contributed by atoms with van der Waals surface area (Å²) in [5, 5.41) is 15.0. The van der Waals surface area contributed by atoms with Crippen molar-refractivity contribution in [2.75, 3.05) is 23.5 Å². The molecule has 0 saturated carbocycles. The first-order valence-corrected chi connectivity index (χ1v) is 12.9. The lowest BCUT2D eigenvalue weighted by molar-refractivity contribution is -0.114. The van der Waals surface area contributed by atoms with Gasteiger partial charge in [-0.05, 0) is 61.9 Å². The second kappa shape index (κ2) is 12.3. The fraction of sp³-hybridized carbons (Fsp3) is 0.214. The van der Waals surface area contributed by atoms with Gasteiger partial charge in [-0.1, -0.05) is 36.0 Å². The number of nitrogens with one attached hydrogen (secondary N) is 2. The Bertz CT molecular complexity index is 1420. The summed E-state index contributed by atoms with van der Waals surface area (Å²) in [6, 6.07) is 22.4. The lowest BCUT2D eigenvalue weighted by Gasteiger charge is -2.17. The van der Waals surface area contributed by atoms with E-state index in [-0.39, 0.29) is 17.6 Å². The van der Waals surface area contributed by atoms with Crippen LogP contribution in [0.4, 0.5) is 11.4 Å². The molecule has 1 heterocycles. The van der Waals surface area contributed by atoms with Crippen LogP contribution < -0.4 is 20.1 Å². The standard InChI is InChI=1S/C28H29N5O4S/c1-18-15-21(13-14-25(18)29-20(3)34)30-26(35)17-38-28-32-31-27(33(28)22-9-6-5-7-10-22)19(2)37-24-12-8-11-23(16-24)36-4/h5-16,19H,17H2,1-4H3,(H,29,34)(H,30,35). The number of aryl methyl sites for hydroxylation is 1. The lowest BCUT2D eigenvalue weighted by atomic mass is 10.1. The van der Waals surface area contributed by atoms with Crippen LogP contribution in [-0.2, 0) is 9.59 Å². The van der Waals surface area contributed by atoms with Crippen molar-refractivity contribution in [3.05, 3.63) is 84.2 Å². The van der Waals surface area contributed by atoms with Crippen molar-refractivity contribution in [3.63, 3.8) is 0 Å². The molecule has 1 unspecified atom stereocenters. The summed E-state index contributed by atoms with van der Waals surface area (Å²) in [6.07, 6.45) is -0.428. The smallest absolute Gasteiger partial charge is 0.234 e. The van der Waals surface area contributed by atoms with E-state index in [1.807, 2.05) is 79.1 Å². The third kappa shape index (κ3) is 6.71. The number of amides is 2. The molecular formula is C28H29N5O4S. The zero-order valence-electron chi connectivity index (χ0n) is 21.6. The highest BCUT2D eigenvalue weighted by atomic mass is 32.2. The molecule has 3 aromatic carbocycles. The zero-order valence-corrected chi connectivity index (χ0v) is 22.4. The maximum absolute atomic E-state index is 12.8. The van der Waals surface area contributed by atoms with Crippen LogP contribution >= 0.6 is 11.8 Å². The van der Waals surface area contributed by atoms with Crippen LogP contribution in [0.15, 0.2) is 78.0 Å². The van der Waals surface area contributed by atoms with Crippen molar-refractivity contribution in [1.29, 1.82) is 0 Å². The van der Waals surface area contributed by atoms with E-state index in [0.717, 1.165) is 11.3 Å². The number of para-hydroxylation sites is 1. The number of thioether (sulfide) groups is 1. The Kier molecular flexibility index (Phi) is 8.65. The van der Waals surface area contributed by atoms with Gasteiger partial charge in [0.1, 0.15) is 11.5 Å². The average Bonchev–Trinajstić information content (AvgIpc) is 3.34. The van der Waals surface area contributed by atoms with Crippen LogP contribution in [-0.4, -0.2) is 39.4 Å². The zero-order chi connectivity index (χ0) is 27.1. The van der Waals surface area contributed by atoms with Gasteiger partial charge in [-0.15, -0.1) is 10.2 Å². The summed E-state index contributed by atoms with van der Waals surface area (Å²) < 4.78 is 13.3. The second-order valence-corrected chi connectivity index (χ2v) is 9.44. The molecule has 0 aliphatic carbocycles. The predicted octanol–water partition coefficient (Wildman–Crippen LogP) is 5.41. The number of rotatable bonds is 10. The van der Waals surface area contributed by atoms with Gasteiger partial charge < -0.3 is 20.1 Å². The number of methoxy groups -OCH3 is 1. The quantitative estimate of drug-likeness (QED) is 0.263. The minimum Gasteiger partial charge on any atom is -0.497 e. The summed E-state index contributed by atoms with van der Waals surface area (Å²) in [5.74, 6) is 1.74. The maximum Gasteiger partial charge on any atom is 0.234 e. The number of anilines is 2. The van der Waals surface area contributed by atoms with Crippen molar-refractivity contribution < 1.29 is 19.1 Å². The molecule has 0 aliphatic heterocycles. The van der Waals surface area contributed by atoms with Crippen LogP contribution in [0.25, 0.3) is 5.69 Å². The van der Waals surface area contributed by atoms with E-state index in [1.54, 1.807) is 19.2 Å². The molecule has 2 N–H and O–H groups in total. The molecule has 0 fully saturated rings. The molecule has 1 aromatic heterocycles. The molecule has 0 radical (unpaired) electrons. The third-order valence-corrected chi connectivity index (χ3v) is 6.47. The molecule has 4 aromatic rings. The monoisotopic (exact) mass is 531 g/mol. The van der Waals surface area contributed by atoms with E-state index < -0.39 is 6.10 Å². The second-order valence-electron chi connectivity index (χ2n) is 8.50. The SMILES string of the molecule is COc1cccc(OC(C)c2nnc(SCC(=O)Nc3ccc(NC(C)=O)c(C)c3)n2-c2ccccc2)c1. The number of benzene rings is 3. The predicted molar refractivity (Wildman–Crippen MR) is 148 cm³/mol. The Morgan fingerprint density at radius 3 is 2.45 bits per heavy atom. The molecule has 9 nitrogen and oxygen atoms in total. The number of nitrogens with zero attached hydrogens (tertiary/aromatic N) is 3. The molecule has 0 saturated heterocycles. The Balaban J connectivity index is 1.49. The van der Waals surface area contributed by atoms with Crippen LogP contribution in [0.3, 0.4) is 0 Å². The Labute approximate surface area is 225 Å². The van der Waals surface area contributed by atoms with Crippen molar-refractivity contribution in [3.8, 4) is 17.2 Å². The molecule has 10 heteroatoms. The van der Waals surface area contributed by atoms with E-state index in [9.17, 15) is 9.59 Å². The van der Waals surface area contributed by atoms with Gasteiger partial charge in [0.05, 0.1) is 12.9 Å². The molecule has 0 spiro atoms. The van der Waals surface area contributed by atoms with E-state index in [1.165, 1.54) is 18.7 Å². The van der Waals surface area contributed by atoms with Gasteiger partial charge in [0.2, 0.25) is 11.8 Å². The summed E-state index contributed by atoms with van der Waals surface area (Å²) >= 11 is 1.28. The molecule has 196 valence electrons. The Morgan fingerprint density at radius 2 is 1.74 bits per heavy atom. The van der Waals surface area contributed by atoms with Gasteiger partial charge in [-0.25, -0.2) is 0 Å². The minimum atomic E-state index is -0.428. The number of aromatic nitrogens is 3. The van der Waals surface area contributed by atoms with Gasteiger partial charge >= 0.3 is 0 Å². The summed E-state index contributed by atoms with van der Waals surface area (Å²) in [5.41, 5.74) is 3.07. The van der Waals surface area contributed by atoms with Crippen molar-refractivity contribution in [2.24, 2.45) is 0 Å². The van der Waals surface area contributed by atoms with Gasteiger partial charge in [0.15, 0.2) is 17.1 Å². The first-order chi connectivity index (χ1) is 18.3. The molecule has 0 aliphatic rings. The third-order valence-electron chi connectivity index (χ3n) is 5.54. The van der Waals surface area contributed by atoms with Crippen molar-refractivity contribution in [2.45, 2.75) is 32.0 Å². The van der Waals surface area contributed by atoms with Gasteiger partial charge in [-0.2, -0.15) is 0 Å². The fourth-order valence-corrected chi connectivity index (χ4v) is 4.55. The number of hydrogen-bond acceptors (Lipinski definition) is 7. The Morgan fingerprint density at radius 1 is 0.974 bits per heavy atom. The largest absolute Gasteiger partial charge is 0.497 e. The van der Waals surface area contributed by atoms with E-state index >= 15 is 0 Å². The average molecular weight is 532 g/mol. The first-order valence-electron chi connectivity index (χ1n) is 12.0. The number of ether oxygens (including phenoxy) is 2. The van der Waals surface area contributed by atoms with E-state index in [2.05, 4.69) is 20.8 Å². The van der Waals surface area contributed by atoms with Crippen LogP contribution in [0.2, 0.25) is 0 Å². The molecule has 1 atom stereocenters. The van der Waals surface area contributed by atoms with Crippen LogP contribution in [0, 0.1) is 6.92 Å². The highest BCUT2D eigenvalue weighted by Gasteiger charge is 2.22. The summed E-state index contributed by atoms with van der Waals surface area (Å²) in [4.78, 5) is 24.1. The molecular weight excluding hydrogens is 502 g/mol. The minimum absolute atomic E-state index is 0.128. The molecule has 38 heavy (non-hydrogen) atoms. The molecule has 0 bridgehead atoms. The Hall–Kier alpha value is -4.31. The lowest BCUT2D eigenvalue weighted by Crippen LogP contribution is -2.15. The molecule has 2 amide bonds. The van der Waals surface area contributed by atoms with Crippen LogP contribution in [0.5, 0.6) is 11.5 Å². The maximum atomic E-state index is 12.8. The normalized spacial score (nSPS) is 11.5. The van der Waals surface area contributed by atoms with Gasteiger partial charge in [-0.3, -0.25) is 14.2 Å². The highest BCUT2D eigenvalue weighted by molar-refractivity contribution is 7.99. The number of hydrogen-bond donors (Lipinski definition) is 2. The number of carbonyl (C=O) groups excluding carboxylic acids is 2. The molecule has 4 rings (SSSR count). The fourth-order valence-electron chi connectivity index (χ4n) is 3.79. The summed E-state index contributed by atoms with van der Waals surface area (Å²) in [6.45, 7) is 5.23. The van der Waals surface area contributed by atoms with E-state index in [4.69, 9.17) is 9.47 Å². The number of carbonyl (C=O) groups is 2. The van der Waals surface area contributed by atoms with Crippen molar-refractivity contribution in [1.82, 2.24) is 14.8 Å². The van der Waals surface area contributed by atoms with E-state index in [0.29, 0.717) is 33.9 Å². The highest BCUT2D eigenvalue weighted by Crippen LogP contribution is 2.29. The van der Waals surface area contributed by atoms with Crippen molar-refractivity contribution >= 4 is 35.0 Å². The van der Waals surface area contributed by atoms with Gasteiger partial charge in [0, 0.05) is 30.1 Å². The van der Waals surface area contributed by atoms with Gasteiger partial charge in [0.25, 0.3) is 0 Å². The van der Waals surface area contributed by atoms with Crippen LogP contribution in [0.1, 0.15) is 31.3 Å². The summed E-state index contributed by atoms with van der Waals surface area (Å²) in [7, 11) is 1.61. The first kappa shape index (κ1) is 26.7.